The molecule has 2 nitrogen and oxygen atoms in total. The molecule has 1 rings (SSSR count). The predicted octanol–water partition coefficient (Wildman–Crippen LogP) is 0.972. The van der Waals surface area contributed by atoms with Gasteiger partial charge in [-0.15, -0.1) is 0 Å². The number of alkyl halides is 2. The molecule has 0 unspecified atom stereocenters. The van der Waals surface area contributed by atoms with Gasteiger partial charge >= 0.3 is 0 Å². The lowest BCUT2D eigenvalue weighted by Gasteiger charge is -2.10. The van der Waals surface area contributed by atoms with Crippen LogP contribution in [0.1, 0.15) is 6.42 Å². The first kappa shape index (κ1) is 8.87. The van der Waals surface area contributed by atoms with Crippen molar-refractivity contribution in [3.63, 3.8) is 0 Å². The van der Waals surface area contributed by atoms with Crippen molar-refractivity contribution in [3.8, 4) is 0 Å². The van der Waals surface area contributed by atoms with Crippen LogP contribution in [0.5, 0.6) is 0 Å². The first-order chi connectivity index (χ1) is 5.18. The molecule has 0 amide bonds. The third-order valence-electron chi connectivity index (χ3n) is 1.81. The minimum Gasteiger partial charge on any atom is -0.371 e. The summed E-state index contributed by atoms with van der Waals surface area (Å²) < 4.78 is 28.2. The second kappa shape index (κ2) is 3.97. The number of ether oxygens (including phenoxy) is 1. The quantitative estimate of drug-likeness (QED) is 0.618. The van der Waals surface area contributed by atoms with Crippen LogP contribution in [-0.4, -0.2) is 44.2 Å². The molecule has 1 fully saturated rings. The molecular formula is C7H13F2NO. The van der Waals surface area contributed by atoms with Gasteiger partial charge in [0.15, 0.2) is 0 Å². The lowest BCUT2D eigenvalue weighted by Crippen LogP contribution is -2.21. The van der Waals surface area contributed by atoms with Crippen molar-refractivity contribution in [1.29, 1.82) is 0 Å². The highest BCUT2D eigenvalue weighted by molar-refractivity contribution is 4.72. The van der Waals surface area contributed by atoms with Crippen LogP contribution >= 0.6 is 0 Å². The van der Waals surface area contributed by atoms with Crippen molar-refractivity contribution in [2.45, 2.75) is 19.0 Å². The Morgan fingerprint density at radius 3 is 2.82 bits per heavy atom. The Hall–Kier alpha value is -0.220. The minimum atomic E-state index is -2.33. The second-order valence-electron chi connectivity index (χ2n) is 2.90. The molecule has 0 spiro atoms. The molecule has 66 valence electrons. The predicted molar refractivity (Wildman–Crippen MR) is 37.9 cm³/mol. The molecule has 0 aliphatic carbocycles. The minimum absolute atomic E-state index is 0.0222. The van der Waals surface area contributed by atoms with Crippen LogP contribution in [0, 0.1) is 0 Å². The van der Waals surface area contributed by atoms with Gasteiger partial charge in [0, 0.05) is 13.1 Å². The SMILES string of the molecule is CN1CC[C@H](OCC(F)F)C1. The number of halogens is 2. The third-order valence-corrected chi connectivity index (χ3v) is 1.81. The lowest BCUT2D eigenvalue weighted by atomic mass is 10.3. The Balaban J connectivity index is 2.08. The first-order valence-corrected chi connectivity index (χ1v) is 3.77. The Bertz CT molecular complexity index is 121. The topological polar surface area (TPSA) is 12.5 Å². The molecule has 0 aromatic heterocycles. The summed E-state index contributed by atoms with van der Waals surface area (Å²) in [6.45, 7) is 1.32. The maximum atomic E-state index is 11.6. The van der Waals surface area contributed by atoms with Gasteiger partial charge in [-0.2, -0.15) is 0 Å². The molecule has 1 aliphatic rings. The average Bonchev–Trinajstić information content (AvgIpc) is 2.31. The summed E-state index contributed by atoms with van der Waals surface area (Å²) in [5, 5.41) is 0. The zero-order chi connectivity index (χ0) is 8.27. The van der Waals surface area contributed by atoms with Crippen LogP contribution < -0.4 is 0 Å². The molecule has 0 radical (unpaired) electrons. The Morgan fingerprint density at radius 1 is 1.64 bits per heavy atom. The fourth-order valence-electron chi connectivity index (χ4n) is 1.24. The Morgan fingerprint density at radius 2 is 2.36 bits per heavy atom. The number of likely N-dealkylation sites (N-methyl/N-ethyl adjacent to an activating group) is 1. The van der Waals surface area contributed by atoms with E-state index in [1.54, 1.807) is 0 Å². The van der Waals surface area contributed by atoms with Crippen molar-refractivity contribution >= 4 is 0 Å². The van der Waals surface area contributed by atoms with Crippen LogP contribution in [0.3, 0.4) is 0 Å². The highest BCUT2D eigenvalue weighted by Crippen LogP contribution is 2.10. The van der Waals surface area contributed by atoms with Gasteiger partial charge < -0.3 is 9.64 Å². The summed E-state index contributed by atoms with van der Waals surface area (Å²) in [6.07, 6.45) is -1.43. The molecule has 0 bridgehead atoms. The molecule has 4 heteroatoms. The molecule has 1 heterocycles. The molecular weight excluding hydrogens is 152 g/mol. The van der Waals surface area contributed by atoms with Gasteiger partial charge in [0.2, 0.25) is 0 Å². The molecule has 1 atom stereocenters. The Kier molecular flexibility index (Phi) is 3.20. The summed E-state index contributed by atoms with van der Waals surface area (Å²) in [5.41, 5.74) is 0. The van der Waals surface area contributed by atoms with E-state index in [-0.39, 0.29) is 6.10 Å². The van der Waals surface area contributed by atoms with E-state index in [9.17, 15) is 8.78 Å². The molecule has 0 aromatic rings. The average molecular weight is 165 g/mol. The zero-order valence-electron chi connectivity index (χ0n) is 6.59. The van der Waals surface area contributed by atoms with Crippen molar-refractivity contribution in [1.82, 2.24) is 4.90 Å². The highest BCUT2D eigenvalue weighted by Gasteiger charge is 2.20. The number of hydrogen-bond acceptors (Lipinski definition) is 2. The molecule has 0 saturated carbocycles. The normalized spacial score (nSPS) is 26.7. The largest absolute Gasteiger partial charge is 0.371 e. The fraction of sp³-hybridized carbons (Fsp3) is 1.00. The number of likely N-dealkylation sites (tertiary alicyclic amines) is 1. The van der Waals surface area contributed by atoms with E-state index in [1.807, 2.05) is 7.05 Å². The molecule has 0 N–H and O–H groups in total. The summed E-state index contributed by atoms with van der Waals surface area (Å²) >= 11 is 0. The third kappa shape index (κ3) is 3.12. The van der Waals surface area contributed by atoms with Gasteiger partial charge in [-0.25, -0.2) is 8.78 Å². The Labute approximate surface area is 65.1 Å². The van der Waals surface area contributed by atoms with Crippen LogP contribution in [-0.2, 0) is 4.74 Å². The first-order valence-electron chi connectivity index (χ1n) is 3.77. The van der Waals surface area contributed by atoms with Crippen LogP contribution in [0.2, 0.25) is 0 Å². The summed E-state index contributed by atoms with van der Waals surface area (Å²) in [5.74, 6) is 0. The van der Waals surface area contributed by atoms with Crippen molar-refractivity contribution in [3.05, 3.63) is 0 Å². The molecule has 1 aliphatic heterocycles. The number of nitrogens with zero attached hydrogens (tertiary/aromatic N) is 1. The van der Waals surface area contributed by atoms with E-state index >= 15 is 0 Å². The number of rotatable bonds is 3. The highest BCUT2D eigenvalue weighted by atomic mass is 19.3. The van der Waals surface area contributed by atoms with Gasteiger partial charge in [-0.05, 0) is 13.5 Å². The van der Waals surface area contributed by atoms with Crippen molar-refractivity contribution < 1.29 is 13.5 Å². The van der Waals surface area contributed by atoms with Gasteiger partial charge in [0.1, 0.15) is 6.61 Å². The lowest BCUT2D eigenvalue weighted by molar-refractivity contribution is -0.0190. The van der Waals surface area contributed by atoms with E-state index in [2.05, 4.69) is 4.90 Å². The summed E-state index contributed by atoms with van der Waals surface area (Å²) in [4.78, 5) is 2.08. The standard InChI is InChI=1S/C7H13F2NO/c1-10-3-2-6(4-10)11-5-7(8)9/h6-7H,2-5H2,1H3/t6-/m0/s1. The van der Waals surface area contributed by atoms with E-state index in [0.717, 1.165) is 19.5 Å². The van der Waals surface area contributed by atoms with E-state index < -0.39 is 13.0 Å². The molecule has 0 aromatic carbocycles. The van der Waals surface area contributed by atoms with E-state index in [4.69, 9.17) is 4.74 Å². The molecule has 1 saturated heterocycles. The van der Waals surface area contributed by atoms with E-state index in [0.29, 0.717) is 0 Å². The monoisotopic (exact) mass is 165 g/mol. The summed E-state index contributed by atoms with van der Waals surface area (Å²) in [7, 11) is 1.96. The van der Waals surface area contributed by atoms with Crippen LogP contribution in [0.25, 0.3) is 0 Å². The maximum absolute atomic E-state index is 11.6. The van der Waals surface area contributed by atoms with Crippen LogP contribution in [0.15, 0.2) is 0 Å². The van der Waals surface area contributed by atoms with E-state index in [1.165, 1.54) is 0 Å². The van der Waals surface area contributed by atoms with Gasteiger partial charge in [0.05, 0.1) is 6.10 Å². The van der Waals surface area contributed by atoms with Gasteiger partial charge in [-0.1, -0.05) is 0 Å². The van der Waals surface area contributed by atoms with Crippen molar-refractivity contribution in [2.75, 3.05) is 26.7 Å². The number of hydrogen-bond donors (Lipinski definition) is 0. The maximum Gasteiger partial charge on any atom is 0.261 e. The van der Waals surface area contributed by atoms with Gasteiger partial charge in [0.25, 0.3) is 6.43 Å². The summed E-state index contributed by atoms with van der Waals surface area (Å²) in [6, 6.07) is 0. The fourth-order valence-corrected chi connectivity index (χ4v) is 1.24. The van der Waals surface area contributed by atoms with Gasteiger partial charge in [-0.3, -0.25) is 0 Å². The van der Waals surface area contributed by atoms with Crippen LogP contribution in [0.4, 0.5) is 8.78 Å². The zero-order valence-corrected chi connectivity index (χ0v) is 6.59. The second-order valence-corrected chi connectivity index (χ2v) is 2.90. The smallest absolute Gasteiger partial charge is 0.261 e. The van der Waals surface area contributed by atoms with Crippen molar-refractivity contribution in [2.24, 2.45) is 0 Å². The molecule has 11 heavy (non-hydrogen) atoms.